The Morgan fingerprint density at radius 1 is 1.04 bits per heavy atom. The number of fused-ring (bicyclic) bond motifs is 2. The van der Waals surface area contributed by atoms with Gasteiger partial charge in [-0.1, -0.05) is 53.8 Å². The van der Waals surface area contributed by atoms with Crippen molar-refractivity contribution in [3.05, 3.63) is 72.1 Å². The molecule has 5 nitrogen and oxygen atoms in total. The van der Waals surface area contributed by atoms with Gasteiger partial charge in [0.15, 0.2) is 10.8 Å². The number of carbonyl (C=O) groups is 1. The predicted octanol–water partition coefficient (Wildman–Crippen LogP) is 5.64. The molecule has 120 valence electrons. The number of urea groups is 1. The van der Waals surface area contributed by atoms with Gasteiger partial charge in [-0.25, -0.2) is 14.6 Å². The van der Waals surface area contributed by atoms with E-state index in [1.54, 1.807) is 18.2 Å². The van der Waals surface area contributed by atoms with Gasteiger partial charge in [0.1, 0.15) is 0 Å². The first-order valence-corrected chi connectivity index (χ1v) is 8.38. The van der Waals surface area contributed by atoms with Crippen LogP contribution in [0.2, 0.25) is 0 Å². The van der Waals surface area contributed by atoms with Crippen LogP contribution in [-0.2, 0) is 0 Å². The molecular weight excluding hydrogens is 332 g/mol. The van der Waals surface area contributed by atoms with E-state index in [2.05, 4.69) is 20.5 Å². The number of nitrogens with one attached hydrogen (secondary N) is 2. The van der Waals surface area contributed by atoms with Crippen LogP contribution in [0.4, 0.5) is 21.3 Å². The molecule has 25 heavy (non-hydrogen) atoms. The van der Waals surface area contributed by atoms with E-state index in [0.717, 1.165) is 26.7 Å². The summed E-state index contributed by atoms with van der Waals surface area (Å²) in [5.41, 5.74) is 2.06. The fourth-order valence-corrected chi connectivity index (χ4v) is 3.52. The van der Waals surface area contributed by atoms with Crippen LogP contribution >= 0.6 is 11.3 Å². The quantitative estimate of drug-likeness (QED) is 0.462. The molecule has 0 saturated heterocycles. The Labute approximate surface area is 147 Å². The third-order valence-corrected chi connectivity index (χ3v) is 4.69. The van der Waals surface area contributed by atoms with Crippen molar-refractivity contribution in [2.45, 2.75) is 0 Å². The van der Waals surface area contributed by atoms with Crippen molar-refractivity contribution in [3.8, 4) is 0 Å². The first-order valence-electron chi connectivity index (χ1n) is 7.57. The summed E-state index contributed by atoms with van der Waals surface area (Å²) in [6.45, 7) is 7.06. The molecule has 2 amide bonds. The van der Waals surface area contributed by atoms with Gasteiger partial charge in [-0.3, -0.25) is 5.32 Å². The van der Waals surface area contributed by atoms with E-state index in [4.69, 9.17) is 6.57 Å². The van der Waals surface area contributed by atoms with Crippen LogP contribution in [-0.4, -0.2) is 11.0 Å². The lowest BCUT2D eigenvalue weighted by molar-refractivity contribution is 0.262. The zero-order valence-corrected chi connectivity index (χ0v) is 13.8. The van der Waals surface area contributed by atoms with Crippen LogP contribution in [0.15, 0.2) is 60.7 Å². The molecule has 0 radical (unpaired) electrons. The number of nitrogens with zero attached hydrogens (tertiary/aromatic N) is 2. The largest absolute Gasteiger partial charge is 0.325 e. The summed E-state index contributed by atoms with van der Waals surface area (Å²) in [5, 5.41) is 8.17. The van der Waals surface area contributed by atoms with E-state index in [1.165, 1.54) is 11.3 Å². The minimum atomic E-state index is -0.346. The van der Waals surface area contributed by atoms with Crippen molar-refractivity contribution in [2.24, 2.45) is 0 Å². The Morgan fingerprint density at radius 3 is 2.76 bits per heavy atom. The van der Waals surface area contributed by atoms with E-state index in [-0.39, 0.29) is 6.03 Å². The minimum absolute atomic E-state index is 0.346. The number of amides is 2. The van der Waals surface area contributed by atoms with Crippen LogP contribution in [0.25, 0.3) is 25.8 Å². The van der Waals surface area contributed by atoms with Gasteiger partial charge in [-0.15, -0.1) is 0 Å². The zero-order valence-electron chi connectivity index (χ0n) is 13.0. The summed E-state index contributed by atoms with van der Waals surface area (Å²) in [7, 11) is 0. The highest BCUT2D eigenvalue weighted by molar-refractivity contribution is 7.22. The number of aromatic nitrogens is 1. The number of hydrogen-bond acceptors (Lipinski definition) is 3. The number of hydrogen-bond donors (Lipinski definition) is 2. The molecule has 2 N–H and O–H groups in total. The lowest BCUT2D eigenvalue weighted by Gasteiger charge is -2.08. The molecule has 0 fully saturated rings. The molecule has 0 atom stereocenters. The third kappa shape index (κ3) is 3.01. The lowest BCUT2D eigenvalue weighted by Crippen LogP contribution is -2.19. The van der Waals surface area contributed by atoms with Gasteiger partial charge in [-0.2, -0.15) is 0 Å². The number of benzene rings is 3. The Kier molecular flexibility index (Phi) is 3.77. The van der Waals surface area contributed by atoms with Crippen LogP contribution in [0.1, 0.15) is 0 Å². The summed E-state index contributed by atoms with van der Waals surface area (Å²) in [6.07, 6.45) is 0. The molecule has 0 bridgehead atoms. The monoisotopic (exact) mass is 344 g/mol. The van der Waals surface area contributed by atoms with Crippen LogP contribution < -0.4 is 10.6 Å². The Hall–Kier alpha value is -3.43. The molecule has 0 aliphatic rings. The molecular formula is C19H12N4OS. The number of anilines is 2. The normalized spacial score (nSPS) is 10.5. The molecule has 0 unspecified atom stereocenters. The maximum absolute atomic E-state index is 12.3. The fraction of sp³-hybridized carbons (Fsp3) is 0. The molecule has 4 rings (SSSR count). The second-order valence-electron chi connectivity index (χ2n) is 5.39. The highest BCUT2D eigenvalue weighted by Crippen LogP contribution is 2.29. The fourth-order valence-electron chi connectivity index (χ4n) is 2.62. The topological polar surface area (TPSA) is 58.4 Å². The van der Waals surface area contributed by atoms with Gasteiger partial charge >= 0.3 is 6.03 Å². The van der Waals surface area contributed by atoms with Crippen LogP contribution in [0.3, 0.4) is 0 Å². The Morgan fingerprint density at radius 2 is 1.88 bits per heavy atom. The smallest absolute Gasteiger partial charge is 0.307 e. The molecule has 1 aromatic heterocycles. The number of thiazole rings is 1. The van der Waals surface area contributed by atoms with E-state index >= 15 is 0 Å². The maximum Gasteiger partial charge on any atom is 0.325 e. The van der Waals surface area contributed by atoms with Crippen LogP contribution in [0, 0.1) is 6.57 Å². The van der Waals surface area contributed by atoms with Crippen molar-refractivity contribution in [2.75, 3.05) is 10.6 Å². The Balaban J connectivity index is 1.57. The number of carbonyl (C=O) groups excluding carboxylic acids is 1. The molecule has 0 aliphatic carbocycles. The highest BCUT2D eigenvalue weighted by atomic mass is 32.1. The van der Waals surface area contributed by atoms with Gasteiger partial charge in [0.25, 0.3) is 0 Å². The first kappa shape index (κ1) is 15.1. The SMILES string of the molecule is [C-]#[N+]c1ccc2nc(NC(=O)Nc3cccc4ccccc34)sc2c1. The molecule has 0 spiro atoms. The molecule has 3 aromatic carbocycles. The van der Waals surface area contributed by atoms with Crippen molar-refractivity contribution < 1.29 is 4.79 Å². The molecule has 1 heterocycles. The van der Waals surface area contributed by atoms with Gasteiger partial charge in [0.2, 0.25) is 0 Å². The highest BCUT2D eigenvalue weighted by Gasteiger charge is 2.10. The lowest BCUT2D eigenvalue weighted by atomic mass is 10.1. The van der Waals surface area contributed by atoms with Gasteiger partial charge in [0, 0.05) is 10.1 Å². The average Bonchev–Trinajstić information content (AvgIpc) is 3.03. The second kappa shape index (κ2) is 6.23. The summed E-state index contributed by atoms with van der Waals surface area (Å²) >= 11 is 1.34. The van der Waals surface area contributed by atoms with Crippen molar-refractivity contribution in [3.63, 3.8) is 0 Å². The molecule has 4 aromatic rings. The third-order valence-electron chi connectivity index (χ3n) is 3.76. The van der Waals surface area contributed by atoms with Crippen LogP contribution in [0.5, 0.6) is 0 Å². The summed E-state index contributed by atoms with van der Waals surface area (Å²) in [4.78, 5) is 20.1. The average molecular weight is 344 g/mol. The molecule has 0 aliphatic heterocycles. The molecule has 6 heteroatoms. The minimum Gasteiger partial charge on any atom is -0.307 e. The molecule has 0 saturated carbocycles. The number of rotatable bonds is 2. The van der Waals surface area contributed by atoms with Gasteiger partial charge in [-0.05, 0) is 23.6 Å². The summed E-state index contributed by atoms with van der Waals surface area (Å²) in [5.74, 6) is 0. The van der Waals surface area contributed by atoms with Crippen molar-refractivity contribution in [1.82, 2.24) is 4.98 Å². The summed E-state index contributed by atoms with van der Waals surface area (Å²) in [6, 6.07) is 18.6. The van der Waals surface area contributed by atoms with Gasteiger partial charge < -0.3 is 5.32 Å². The maximum atomic E-state index is 12.3. The standard InChI is InChI=1S/C19H12N4OS/c1-20-13-9-10-16-17(11-13)25-19(22-16)23-18(24)21-15-8-4-6-12-5-2-3-7-14(12)15/h2-11H,(H2,21,22,23,24). The van der Waals surface area contributed by atoms with E-state index in [1.807, 2.05) is 42.5 Å². The summed E-state index contributed by atoms with van der Waals surface area (Å²) < 4.78 is 0.869. The van der Waals surface area contributed by atoms with Gasteiger partial charge in [0.05, 0.1) is 17.8 Å². The predicted molar refractivity (Wildman–Crippen MR) is 102 cm³/mol. The first-order chi connectivity index (χ1) is 12.2. The van der Waals surface area contributed by atoms with Crippen molar-refractivity contribution >= 4 is 54.9 Å². The second-order valence-corrected chi connectivity index (χ2v) is 6.42. The Bertz CT molecular complexity index is 1140. The van der Waals surface area contributed by atoms with Crippen molar-refractivity contribution in [1.29, 1.82) is 0 Å². The van der Waals surface area contributed by atoms with E-state index in [0.29, 0.717) is 10.8 Å². The zero-order chi connectivity index (χ0) is 17.2. The van der Waals surface area contributed by atoms with E-state index < -0.39 is 0 Å². The van der Waals surface area contributed by atoms with E-state index in [9.17, 15) is 4.79 Å².